The van der Waals surface area contributed by atoms with E-state index in [0.717, 1.165) is 24.7 Å². The quantitative estimate of drug-likeness (QED) is 0.190. The van der Waals surface area contributed by atoms with Crippen LogP contribution >= 0.6 is 12.2 Å². The minimum Gasteiger partial charge on any atom is -0.229 e. The molecule has 0 N–H and O–H groups in total. The topological polar surface area (TPSA) is 12.4 Å². The first-order chi connectivity index (χ1) is 16.8. The highest BCUT2D eigenvalue weighted by atomic mass is 32.1. The third kappa shape index (κ3) is 7.12. The van der Waals surface area contributed by atoms with Crippen LogP contribution in [0.1, 0.15) is 120 Å². The first-order valence-electron chi connectivity index (χ1n) is 14.0. The number of benzene rings is 2. The van der Waals surface area contributed by atoms with Crippen LogP contribution in [0.5, 0.6) is 0 Å². The van der Waals surface area contributed by atoms with Crippen LogP contribution in [0.25, 0.3) is 11.1 Å². The Hall–Kier alpha value is -1.76. The van der Waals surface area contributed by atoms with Crippen LogP contribution in [0.15, 0.2) is 53.5 Å². The summed E-state index contributed by atoms with van der Waals surface area (Å²) in [5.41, 5.74) is 5.71. The van der Waals surface area contributed by atoms with E-state index in [1.807, 2.05) is 0 Å². The second kappa shape index (κ2) is 13.4. The van der Waals surface area contributed by atoms with Crippen molar-refractivity contribution in [2.75, 3.05) is 0 Å². The Morgan fingerprint density at radius 2 is 1.18 bits per heavy atom. The summed E-state index contributed by atoms with van der Waals surface area (Å²) in [5, 5.41) is 2.57. The van der Waals surface area contributed by atoms with E-state index in [9.17, 15) is 0 Å². The van der Waals surface area contributed by atoms with Crippen LogP contribution in [0.4, 0.5) is 0 Å². The summed E-state index contributed by atoms with van der Waals surface area (Å²) in [6.07, 6.45) is 18.9. The predicted molar refractivity (Wildman–Crippen MR) is 150 cm³/mol. The van der Waals surface area contributed by atoms with E-state index in [0.29, 0.717) is 12.0 Å². The first kappa shape index (κ1) is 25.3. The number of hydrogen-bond acceptors (Lipinski definition) is 2. The maximum atomic E-state index is 4.77. The van der Waals surface area contributed by atoms with Crippen molar-refractivity contribution in [2.24, 2.45) is 10.9 Å². The number of isothiocyanates is 1. The maximum Gasteiger partial charge on any atom is 0.0603 e. The predicted octanol–water partition coefficient (Wildman–Crippen LogP) is 10.1. The Morgan fingerprint density at radius 3 is 1.68 bits per heavy atom. The average Bonchev–Trinajstić information content (AvgIpc) is 2.90. The lowest BCUT2D eigenvalue weighted by atomic mass is 9.77. The van der Waals surface area contributed by atoms with Gasteiger partial charge in [0.1, 0.15) is 0 Å². The Kier molecular flexibility index (Phi) is 9.96. The lowest BCUT2D eigenvalue weighted by molar-refractivity contribution is 0.302. The van der Waals surface area contributed by atoms with E-state index in [2.05, 4.69) is 65.6 Å². The summed E-state index contributed by atoms with van der Waals surface area (Å²) >= 11 is 4.77. The molecule has 0 saturated heterocycles. The molecule has 0 aromatic heterocycles. The van der Waals surface area contributed by atoms with Crippen LogP contribution in [-0.2, 0) is 0 Å². The Morgan fingerprint density at radius 1 is 0.676 bits per heavy atom. The number of unbranched alkanes of at least 4 members (excludes halogenated alkanes) is 4. The van der Waals surface area contributed by atoms with Crippen LogP contribution in [0, 0.1) is 5.92 Å². The van der Waals surface area contributed by atoms with E-state index in [1.165, 1.54) is 93.7 Å². The van der Waals surface area contributed by atoms with Crippen molar-refractivity contribution in [3.8, 4) is 11.1 Å². The van der Waals surface area contributed by atoms with E-state index >= 15 is 0 Å². The molecule has 1 nitrogen and oxygen atoms in total. The second-order valence-electron chi connectivity index (χ2n) is 10.9. The molecule has 0 spiro atoms. The second-order valence-corrected chi connectivity index (χ2v) is 11.1. The SMILES string of the molecule is CCCCCCCC1CCC(c2ccc(-c3ccc(C4CCC(N=C=S)CC4)cc3)cc2)CC1. The molecule has 2 aliphatic carbocycles. The fraction of sp³-hybridized carbons (Fsp3) is 0.594. The fourth-order valence-corrected chi connectivity index (χ4v) is 6.48. The molecule has 0 unspecified atom stereocenters. The number of thiocarbonyl (C=S) groups is 1. The molecule has 2 saturated carbocycles. The summed E-state index contributed by atoms with van der Waals surface area (Å²) in [4.78, 5) is 4.30. The van der Waals surface area contributed by atoms with Gasteiger partial charge in [0.15, 0.2) is 0 Å². The molecule has 0 amide bonds. The molecule has 2 aliphatic rings. The van der Waals surface area contributed by atoms with Gasteiger partial charge < -0.3 is 0 Å². The van der Waals surface area contributed by atoms with Gasteiger partial charge in [0.05, 0.1) is 11.2 Å². The molecule has 2 fully saturated rings. The van der Waals surface area contributed by atoms with Gasteiger partial charge in [0.2, 0.25) is 0 Å². The smallest absolute Gasteiger partial charge is 0.0603 e. The summed E-state index contributed by atoms with van der Waals surface area (Å²) in [7, 11) is 0. The zero-order valence-electron chi connectivity index (χ0n) is 21.2. The van der Waals surface area contributed by atoms with Crippen molar-refractivity contribution in [3.05, 3.63) is 59.7 Å². The number of nitrogens with zero attached hydrogens (tertiary/aromatic N) is 1. The van der Waals surface area contributed by atoms with Crippen molar-refractivity contribution < 1.29 is 0 Å². The van der Waals surface area contributed by atoms with E-state index in [4.69, 9.17) is 12.2 Å². The molecule has 2 aromatic rings. The Balaban J connectivity index is 1.25. The molecule has 0 radical (unpaired) electrons. The van der Waals surface area contributed by atoms with Gasteiger partial charge in [0.25, 0.3) is 0 Å². The van der Waals surface area contributed by atoms with E-state index < -0.39 is 0 Å². The third-order valence-corrected chi connectivity index (χ3v) is 8.70. The van der Waals surface area contributed by atoms with E-state index in [1.54, 1.807) is 5.56 Å². The highest BCUT2D eigenvalue weighted by Gasteiger charge is 2.23. The largest absolute Gasteiger partial charge is 0.229 e. The standard InChI is InChI=1S/C32H43NS/c1-2-3-4-5-6-7-25-8-10-26(11-9-25)27-12-14-28(15-13-27)29-16-18-30(19-17-29)31-20-22-32(23-21-31)33-24-34/h12-19,25-26,31-32H,2-11,20-23H2,1H3. The van der Waals surface area contributed by atoms with Gasteiger partial charge in [0, 0.05) is 0 Å². The van der Waals surface area contributed by atoms with Crippen molar-refractivity contribution in [1.82, 2.24) is 0 Å². The zero-order valence-corrected chi connectivity index (χ0v) is 22.0. The maximum absolute atomic E-state index is 4.77. The average molecular weight is 474 g/mol. The molecule has 34 heavy (non-hydrogen) atoms. The fourth-order valence-electron chi connectivity index (χ4n) is 6.33. The Bertz CT molecular complexity index is 893. The van der Waals surface area contributed by atoms with Gasteiger partial charge in [-0.3, -0.25) is 0 Å². The molecule has 0 atom stereocenters. The third-order valence-electron chi connectivity index (χ3n) is 8.59. The molecular weight excluding hydrogens is 430 g/mol. The highest BCUT2D eigenvalue weighted by molar-refractivity contribution is 7.78. The molecule has 182 valence electrons. The van der Waals surface area contributed by atoms with Crippen molar-refractivity contribution in [2.45, 2.75) is 115 Å². The number of hydrogen-bond donors (Lipinski definition) is 0. The van der Waals surface area contributed by atoms with Crippen LogP contribution in [0.2, 0.25) is 0 Å². The van der Waals surface area contributed by atoms with Gasteiger partial charge in [-0.15, -0.1) is 0 Å². The lowest BCUT2D eigenvalue weighted by Crippen LogP contribution is -2.15. The van der Waals surface area contributed by atoms with Crippen molar-refractivity contribution in [3.63, 3.8) is 0 Å². The van der Waals surface area contributed by atoms with Gasteiger partial charge in [-0.1, -0.05) is 94.0 Å². The highest BCUT2D eigenvalue weighted by Crippen LogP contribution is 2.39. The monoisotopic (exact) mass is 473 g/mol. The molecular formula is C32H43NS. The minimum atomic E-state index is 0.400. The normalized spacial score (nSPS) is 25.0. The van der Waals surface area contributed by atoms with Crippen LogP contribution in [-0.4, -0.2) is 11.2 Å². The van der Waals surface area contributed by atoms with Gasteiger partial charge in [-0.25, -0.2) is 4.99 Å². The molecule has 0 aliphatic heterocycles. The molecule has 2 heteroatoms. The van der Waals surface area contributed by atoms with Crippen LogP contribution < -0.4 is 0 Å². The number of rotatable bonds is 10. The lowest BCUT2D eigenvalue weighted by Gasteiger charge is -2.29. The first-order valence-corrected chi connectivity index (χ1v) is 14.4. The van der Waals surface area contributed by atoms with Crippen molar-refractivity contribution in [1.29, 1.82) is 0 Å². The summed E-state index contributed by atoms with van der Waals surface area (Å²) in [6, 6.07) is 19.2. The minimum absolute atomic E-state index is 0.400. The van der Waals surface area contributed by atoms with Gasteiger partial charge in [-0.05, 0) is 104 Å². The van der Waals surface area contributed by atoms with Gasteiger partial charge >= 0.3 is 0 Å². The molecule has 0 heterocycles. The zero-order chi connectivity index (χ0) is 23.6. The van der Waals surface area contributed by atoms with Crippen molar-refractivity contribution >= 4 is 17.4 Å². The van der Waals surface area contributed by atoms with E-state index in [-0.39, 0.29) is 0 Å². The summed E-state index contributed by atoms with van der Waals surface area (Å²) in [5.74, 6) is 2.42. The Labute approximate surface area is 213 Å². The summed E-state index contributed by atoms with van der Waals surface area (Å²) in [6.45, 7) is 2.30. The molecule has 2 aromatic carbocycles. The molecule has 0 bridgehead atoms. The van der Waals surface area contributed by atoms with Crippen LogP contribution in [0.3, 0.4) is 0 Å². The molecule has 4 rings (SSSR count). The number of aliphatic imine (C=N–C) groups is 1. The van der Waals surface area contributed by atoms with Gasteiger partial charge in [-0.2, -0.15) is 0 Å². The summed E-state index contributed by atoms with van der Waals surface area (Å²) < 4.78 is 0.